The number of ether oxygens (including phenoxy) is 1. The monoisotopic (exact) mass is 535 g/mol. The Balaban J connectivity index is 1.54. The van der Waals surface area contributed by atoms with Gasteiger partial charge in [-0.25, -0.2) is 0 Å². The van der Waals surface area contributed by atoms with Crippen molar-refractivity contribution in [3.8, 4) is 11.3 Å². The Morgan fingerprint density at radius 2 is 1.85 bits per heavy atom. The Bertz CT molecular complexity index is 1490. The van der Waals surface area contributed by atoms with E-state index in [1.807, 2.05) is 57.2 Å². The van der Waals surface area contributed by atoms with Crippen molar-refractivity contribution < 1.29 is 22.7 Å². The molecule has 8 heteroatoms. The molecule has 204 valence electrons. The van der Waals surface area contributed by atoms with Gasteiger partial charge in [-0.3, -0.25) is 9.48 Å². The highest BCUT2D eigenvalue weighted by atomic mass is 19.4. The van der Waals surface area contributed by atoms with E-state index in [2.05, 4.69) is 16.1 Å². The first-order valence-corrected chi connectivity index (χ1v) is 13.3. The van der Waals surface area contributed by atoms with Crippen molar-refractivity contribution in [3.05, 3.63) is 82.9 Å². The predicted octanol–water partition coefficient (Wildman–Crippen LogP) is 7.17. The fourth-order valence-electron chi connectivity index (χ4n) is 5.48. The van der Waals surface area contributed by atoms with Crippen molar-refractivity contribution in [1.29, 1.82) is 0 Å². The first kappa shape index (κ1) is 26.8. The molecule has 1 aliphatic heterocycles. The third kappa shape index (κ3) is 5.51. The Morgan fingerprint density at radius 3 is 2.54 bits per heavy atom. The summed E-state index contributed by atoms with van der Waals surface area (Å²) in [4.78, 5) is 14.5. The molecule has 0 saturated carbocycles. The zero-order valence-corrected chi connectivity index (χ0v) is 22.4. The zero-order chi connectivity index (χ0) is 27.7. The molecule has 0 amide bonds. The predicted molar refractivity (Wildman–Crippen MR) is 147 cm³/mol. The molecule has 5 rings (SSSR count). The molecule has 0 spiro atoms. The second kappa shape index (κ2) is 10.8. The summed E-state index contributed by atoms with van der Waals surface area (Å²) in [6.07, 6.45) is -2.82. The minimum Gasteiger partial charge on any atom is -0.466 e. The molecule has 1 saturated heterocycles. The van der Waals surface area contributed by atoms with Crippen LogP contribution in [-0.4, -0.2) is 35.4 Å². The lowest BCUT2D eigenvalue weighted by atomic mass is 9.97. The minimum atomic E-state index is -4.51. The maximum atomic E-state index is 13.9. The number of hydrogen-bond acceptors (Lipinski definition) is 4. The van der Waals surface area contributed by atoms with Crippen LogP contribution in [0.15, 0.2) is 60.7 Å². The molecule has 0 bridgehead atoms. The molecule has 1 aromatic heterocycles. The quantitative estimate of drug-likeness (QED) is 0.246. The average molecular weight is 536 g/mol. The molecule has 5 nitrogen and oxygen atoms in total. The number of alkyl halides is 3. The molecule has 1 unspecified atom stereocenters. The number of aryl methyl sites for hydroxylation is 2. The molecular weight excluding hydrogens is 503 g/mol. The number of nitrogens with zero attached hydrogens (tertiary/aromatic N) is 3. The van der Waals surface area contributed by atoms with Gasteiger partial charge in [-0.15, -0.1) is 0 Å². The number of piperidine rings is 1. The minimum absolute atomic E-state index is 0.0536. The number of rotatable bonds is 6. The SMILES string of the molecule is CCOC(=O)C1CCCN(c2ccc(-c3c4cccc(C(F)(F)F)c4nn3Cc3ccc(C)cc3C)cc2)C1. The number of hydrogen-bond donors (Lipinski definition) is 0. The Hall–Kier alpha value is -3.81. The van der Waals surface area contributed by atoms with E-state index in [9.17, 15) is 18.0 Å². The number of carbonyl (C=O) groups is 1. The van der Waals surface area contributed by atoms with Crippen LogP contribution in [0.5, 0.6) is 0 Å². The molecular formula is C31H32F3N3O2. The van der Waals surface area contributed by atoms with Gasteiger partial charge in [-0.2, -0.15) is 18.3 Å². The van der Waals surface area contributed by atoms with E-state index in [-0.39, 0.29) is 17.4 Å². The topological polar surface area (TPSA) is 47.4 Å². The number of anilines is 1. The molecule has 2 heterocycles. The van der Waals surface area contributed by atoms with Crippen LogP contribution < -0.4 is 4.90 Å². The first-order chi connectivity index (χ1) is 18.7. The third-order valence-corrected chi connectivity index (χ3v) is 7.44. The van der Waals surface area contributed by atoms with Crippen molar-refractivity contribution in [2.75, 3.05) is 24.6 Å². The molecule has 1 atom stereocenters. The first-order valence-electron chi connectivity index (χ1n) is 13.3. The van der Waals surface area contributed by atoms with Gasteiger partial charge in [0.25, 0.3) is 0 Å². The van der Waals surface area contributed by atoms with E-state index in [1.54, 1.807) is 10.7 Å². The molecule has 0 radical (unpaired) electrons. The number of carbonyl (C=O) groups excluding carboxylic acids is 1. The van der Waals surface area contributed by atoms with Gasteiger partial charge in [-0.05, 0) is 62.9 Å². The second-order valence-corrected chi connectivity index (χ2v) is 10.2. The summed E-state index contributed by atoms with van der Waals surface area (Å²) < 4.78 is 48.6. The standard InChI is InChI=1S/C31H32F3N3O2/c1-4-39-30(38)24-7-6-16-36(18-24)25-14-12-22(13-15-25)29-26-8-5-9-27(31(32,33)34)28(26)35-37(29)19-23-11-10-20(2)17-21(23)3/h5,8-15,17,24H,4,6-7,16,18-19H2,1-3H3. The fourth-order valence-corrected chi connectivity index (χ4v) is 5.48. The highest BCUT2D eigenvalue weighted by molar-refractivity contribution is 5.95. The highest BCUT2D eigenvalue weighted by Crippen LogP contribution is 2.39. The lowest BCUT2D eigenvalue weighted by Crippen LogP contribution is -2.39. The fraction of sp³-hybridized carbons (Fsp3) is 0.355. The van der Waals surface area contributed by atoms with Gasteiger partial charge in [-0.1, -0.05) is 48.0 Å². The molecule has 3 aromatic carbocycles. The van der Waals surface area contributed by atoms with E-state index in [1.165, 1.54) is 6.07 Å². The summed E-state index contributed by atoms with van der Waals surface area (Å²) in [5.74, 6) is -0.330. The molecule has 4 aromatic rings. The van der Waals surface area contributed by atoms with Crippen molar-refractivity contribution in [2.24, 2.45) is 5.92 Å². The molecule has 0 N–H and O–H groups in total. The zero-order valence-electron chi connectivity index (χ0n) is 22.4. The molecule has 1 fully saturated rings. The molecule has 1 aliphatic rings. The van der Waals surface area contributed by atoms with Crippen LogP contribution in [0.4, 0.5) is 18.9 Å². The van der Waals surface area contributed by atoms with Crippen molar-refractivity contribution in [2.45, 2.75) is 46.3 Å². The van der Waals surface area contributed by atoms with Gasteiger partial charge in [0.1, 0.15) is 5.52 Å². The van der Waals surface area contributed by atoms with Crippen LogP contribution in [0.3, 0.4) is 0 Å². The van der Waals surface area contributed by atoms with Crippen LogP contribution in [0.25, 0.3) is 22.2 Å². The van der Waals surface area contributed by atoms with E-state index in [0.29, 0.717) is 30.8 Å². The van der Waals surface area contributed by atoms with Gasteiger partial charge < -0.3 is 9.64 Å². The number of halogens is 3. The normalized spacial score (nSPS) is 16.1. The van der Waals surface area contributed by atoms with Crippen molar-refractivity contribution in [3.63, 3.8) is 0 Å². The van der Waals surface area contributed by atoms with Crippen molar-refractivity contribution in [1.82, 2.24) is 9.78 Å². The Kier molecular flexibility index (Phi) is 7.38. The number of fused-ring (bicyclic) bond motifs is 1. The largest absolute Gasteiger partial charge is 0.466 e. The summed E-state index contributed by atoms with van der Waals surface area (Å²) in [7, 11) is 0. The number of esters is 1. The maximum Gasteiger partial charge on any atom is 0.418 e. The maximum absolute atomic E-state index is 13.9. The van der Waals surface area contributed by atoms with Gasteiger partial charge in [0.2, 0.25) is 0 Å². The molecule has 0 aliphatic carbocycles. The summed E-state index contributed by atoms with van der Waals surface area (Å²) in [5, 5.41) is 4.97. The van der Waals surface area contributed by atoms with Crippen LogP contribution in [0.2, 0.25) is 0 Å². The van der Waals surface area contributed by atoms with Gasteiger partial charge in [0.05, 0.1) is 30.3 Å². The van der Waals surface area contributed by atoms with E-state index in [0.717, 1.165) is 53.4 Å². The van der Waals surface area contributed by atoms with Gasteiger partial charge in [0.15, 0.2) is 0 Å². The van der Waals surface area contributed by atoms with Crippen molar-refractivity contribution >= 4 is 22.6 Å². The Labute approximate surface area is 226 Å². The summed E-state index contributed by atoms with van der Waals surface area (Å²) in [6, 6.07) is 18.1. The highest BCUT2D eigenvalue weighted by Gasteiger charge is 2.34. The van der Waals surface area contributed by atoms with E-state index in [4.69, 9.17) is 4.74 Å². The lowest BCUT2D eigenvalue weighted by molar-refractivity contribution is -0.148. The number of aromatic nitrogens is 2. The van der Waals surface area contributed by atoms with Crippen LogP contribution in [0.1, 0.15) is 42.0 Å². The number of benzene rings is 3. The van der Waals surface area contributed by atoms with Crippen LogP contribution in [0, 0.1) is 19.8 Å². The Morgan fingerprint density at radius 1 is 1.08 bits per heavy atom. The summed E-state index contributed by atoms with van der Waals surface area (Å²) in [5.41, 5.74) is 4.78. The average Bonchev–Trinajstić information content (AvgIpc) is 3.28. The van der Waals surface area contributed by atoms with Gasteiger partial charge >= 0.3 is 12.1 Å². The van der Waals surface area contributed by atoms with Crippen LogP contribution in [-0.2, 0) is 22.3 Å². The molecule has 39 heavy (non-hydrogen) atoms. The third-order valence-electron chi connectivity index (χ3n) is 7.44. The lowest BCUT2D eigenvalue weighted by Gasteiger charge is -2.33. The second-order valence-electron chi connectivity index (χ2n) is 10.2. The van der Waals surface area contributed by atoms with Crippen LogP contribution >= 0.6 is 0 Å². The van der Waals surface area contributed by atoms with Gasteiger partial charge in [0, 0.05) is 29.7 Å². The van der Waals surface area contributed by atoms with E-state index >= 15 is 0 Å². The smallest absolute Gasteiger partial charge is 0.418 e. The summed E-state index contributed by atoms with van der Waals surface area (Å²) >= 11 is 0. The summed E-state index contributed by atoms with van der Waals surface area (Å²) in [6.45, 7) is 7.95. The van der Waals surface area contributed by atoms with E-state index < -0.39 is 11.7 Å².